The molecule has 26 heavy (non-hydrogen) atoms. The second-order valence-electron chi connectivity index (χ2n) is 6.88. The molecule has 1 amide bonds. The second-order valence-corrected chi connectivity index (χ2v) is 8.00. The lowest BCUT2D eigenvalue weighted by atomic mass is 9.93. The molecule has 0 saturated carbocycles. The van der Waals surface area contributed by atoms with E-state index in [-0.39, 0.29) is 17.0 Å². The fourth-order valence-corrected chi connectivity index (χ4v) is 3.43. The van der Waals surface area contributed by atoms with Gasteiger partial charge in [-0.3, -0.25) is 14.9 Å². The van der Waals surface area contributed by atoms with Crippen LogP contribution in [0.3, 0.4) is 0 Å². The number of nitrogens with two attached hydrogens (primary N) is 1. The van der Waals surface area contributed by atoms with Crippen LogP contribution in [0.2, 0.25) is 0 Å². The molecule has 2 rings (SSSR count). The highest BCUT2D eigenvalue weighted by molar-refractivity contribution is 7.99. The van der Waals surface area contributed by atoms with E-state index in [1.807, 2.05) is 44.2 Å². The Morgan fingerprint density at radius 2 is 1.88 bits per heavy atom. The zero-order valence-corrected chi connectivity index (χ0v) is 16.0. The van der Waals surface area contributed by atoms with Crippen molar-refractivity contribution in [3.63, 3.8) is 0 Å². The summed E-state index contributed by atoms with van der Waals surface area (Å²) in [6.07, 6.45) is 0. The van der Waals surface area contributed by atoms with Crippen molar-refractivity contribution in [1.82, 2.24) is 4.90 Å². The fourth-order valence-electron chi connectivity index (χ4n) is 2.49. The summed E-state index contributed by atoms with van der Waals surface area (Å²) in [4.78, 5) is 26.8. The third-order valence-corrected chi connectivity index (χ3v) is 5.02. The van der Waals surface area contributed by atoms with Crippen LogP contribution in [0.1, 0.15) is 24.2 Å². The van der Waals surface area contributed by atoms with Gasteiger partial charge in [-0.15, -0.1) is 0 Å². The number of nitrogens with zero attached hydrogens (tertiary/aromatic N) is 2. The molecular formula is C19H23N3O3S. The molecule has 2 aromatic carbocycles. The molecule has 6 nitrogen and oxygen atoms in total. The highest BCUT2D eigenvalue weighted by Gasteiger charge is 2.25. The molecule has 0 bridgehead atoms. The topological polar surface area (TPSA) is 89.5 Å². The minimum absolute atomic E-state index is 0.0998. The number of rotatable bonds is 7. The number of amides is 1. The van der Waals surface area contributed by atoms with Gasteiger partial charge in [0.25, 0.3) is 11.6 Å². The van der Waals surface area contributed by atoms with Crippen molar-refractivity contribution in [2.75, 3.05) is 20.1 Å². The Morgan fingerprint density at radius 3 is 2.46 bits per heavy atom. The van der Waals surface area contributed by atoms with Gasteiger partial charge in [-0.2, -0.15) is 0 Å². The lowest BCUT2D eigenvalue weighted by Gasteiger charge is -2.29. The van der Waals surface area contributed by atoms with Crippen LogP contribution in [0.4, 0.5) is 5.69 Å². The summed E-state index contributed by atoms with van der Waals surface area (Å²) in [6, 6.07) is 14.0. The van der Waals surface area contributed by atoms with Gasteiger partial charge < -0.3 is 10.6 Å². The van der Waals surface area contributed by atoms with Crippen LogP contribution < -0.4 is 5.73 Å². The van der Waals surface area contributed by atoms with E-state index in [9.17, 15) is 14.9 Å². The van der Waals surface area contributed by atoms with E-state index in [0.29, 0.717) is 23.5 Å². The average Bonchev–Trinajstić information content (AvgIpc) is 2.61. The van der Waals surface area contributed by atoms with Gasteiger partial charge in [0, 0.05) is 35.5 Å². The Morgan fingerprint density at radius 1 is 1.23 bits per heavy atom. The van der Waals surface area contributed by atoms with Crippen LogP contribution in [-0.2, 0) is 0 Å². The van der Waals surface area contributed by atoms with Crippen molar-refractivity contribution in [3.8, 4) is 0 Å². The number of carbonyl (C=O) groups is 1. The SMILES string of the molecule is CN(CC(C)(C)CN)C(=O)c1cc([N+](=O)[O-])ccc1Sc1ccccc1. The zero-order valence-electron chi connectivity index (χ0n) is 15.1. The molecule has 0 aliphatic rings. The standard InChI is InChI=1S/C19H23N3O3S/c1-19(2,12-20)13-21(3)18(23)16-11-14(22(24)25)9-10-17(16)26-15-7-5-4-6-8-15/h4-11H,12-13,20H2,1-3H3. The van der Waals surface area contributed by atoms with Crippen molar-refractivity contribution in [1.29, 1.82) is 0 Å². The predicted molar refractivity (Wildman–Crippen MR) is 103 cm³/mol. The van der Waals surface area contributed by atoms with Crippen LogP contribution in [-0.4, -0.2) is 35.9 Å². The van der Waals surface area contributed by atoms with E-state index in [1.165, 1.54) is 23.9 Å². The number of hydrogen-bond donors (Lipinski definition) is 1. The molecule has 2 N–H and O–H groups in total. The minimum Gasteiger partial charge on any atom is -0.341 e. The quantitative estimate of drug-likeness (QED) is 0.589. The average molecular weight is 373 g/mol. The summed E-state index contributed by atoms with van der Waals surface area (Å²) >= 11 is 1.41. The maximum Gasteiger partial charge on any atom is 0.270 e. The lowest BCUT2D eigenvalue weighted by Crippen LogP contribution is -2.39. The van der Waals surface area contributed by atoms with E-state index < -0.39 is 4.92 Å². The van der Waals surface area contributed by atoms with Crippen LogP contribution in [0.15, 0.2) is 58.3 Å². The Kier molecular flexibility index (Phi) is 6.39. The largest absolute Gasteiger partial charge is 0.341 e. The highest BCUT2D eigenvalue weighted by Crippen LogP contribution is 2.33. The Labute approximate surface area is 157 Å². The van der Waals surface area contributed by atoms with Crippen molar-refractivity contribution in [2.45, 2.75) is 23.6 Å². The summed E-state index contributed by atoms with van der Waals surface area (Å²) < 4.78 is 0. The summed E-state index contributed by atoms with van der Waals surface area (Å²) in [6.45, 7) is 4.85. The lowest BCUT2D eigenvalue weighted by molar-refractivity contribution is -0.384. The number of nitro groups is 1. The van der Waals surface area contributed by atoms with Crippen LogP contribution in [0, 0.1) is 15.5 Å². The molecule has 0 radical (unpaired) electrons. The normalized spacial score (nSPS) is 11.2. The molecule has 7 heteroatoms. The van der Waals surface area contributed by atoms with E-state index in [0.717, 1.165) is 4.90 Å². The third kappa shape index (κ3) is 5.06. The number of nitro benzene ring substituents is 1. The number of non-ortho nitro benzene ring substituents is 1. The van der Waals surface area contributed by atoms with Gasteiger partial charge in [-0.05, 0) is 30.2 Å². The maximum absolute atomic E-state index is 13.0. The van der Waals surface area contributed by atoms with Gasteiger partial charge >= 0.3 is 0 Å². The number of hydrogen-bond acceptors (Lipinski definition) is 5. The smallest absolute Gasteiger partial charge is 0.270 e. The first-order valence-corrected chi connectivity index (χ1v) is 9.02. The Hall–Kier alpha value is -2.38. The van der Waals surface area contributed by atoms with Gasteiger partial charge in [-0.25, -0.2) is 0 Å². The molecule has 2 aromatic rings. The van der Waals surface area contributed by atoms with Crippen molar-refractivity contribution in [2.24, 2.45) is 11.1 Å². The van der Waals surface area contributed by atoms with E-state index in [1.54, 1.807) is 18.0 Å². The first kappa shape index (κ1) is 19.9. The minimum atomic E-state index is -0.489. The van der Waals surface area contributed by atoms with Crippen LogP contribution >= 0.6 is 11.8 Å². The molecule has 138 valence electrons. The summed E-state index contributed by atoms with van der Waals surface area (Å²) in [7, 11) is 1.69. The predicted octanol–water partition coefficient (Wildman–Crippen LogP) is 3.80. The Bertz CT molecular complexity index is 794. The molecule has 0 heterocycles. The maximum atomic E-state index is 13.0. The summed E-state index contributed by atoms with van der Waals surface area (Å²) in [5.74, 6) is -0.256. The molecule has 0 atom stereocenters. The number of benzene rings is 2. The van der Waals surface area contributed by atoms with E-state index in [4.69, 9.17) is 5.73 Å². The van der Waals surface area contributed by atoms with Crippen molar-refractivity contribution < 1.29 is 9.72 Å². The molecule has 0 aliphatic carbocycles. The molecule has 0 spiro atoms. The van der Waals surface area contributed by atoms with Gasteiger partial charge in [-0.1, -0.05) is 43.8 Å². The van der Waals surface area contributed by atoms with E-state index >= 15 is 0 Å². The molecule has 0 saturated heterocycles. The van der Waals surface area contributed by atoms with E-state index in [2.05, 4.69) is 0 Å². The van der Waals surface area contributed by atoms with Gasteiger partial charge in [0.1, 0.15) is 0 Å². The van der Waals surface area contributed by atoms with Gasteiger partial charge in [0.2, 0.25) is 0 Å². The third-order valence-electron chi connectivity index (χ3n) is 3.94. The summed E-state index contributed by atoms with van der Waals surface area (Å²) in [5, 5.41) is 11.1. The first-order valence-electron chi connectivity index (χ1n) is 8.20. The number of carbonyl (C=O) groups excluding carboxylic acids is 1. The molecule has 0 aromatic heterocycles. The molecule has 0 unspecified atom stereocenters. The zero-order chi connectivity index (χ0) is 19.3. The highest BCUT2D eigenvalue weighted by atomic mass is 32.2. The van der Waals surface area contributed by atoms with Crippen LogP contribution in [0.25, 0.3) is 0 Å². The van der Waals surface area contributed by atoms with Crippen molar-refractivity contribution in [3.05, 3.63) is 64.2 Å². The monoisotopic (exact) mass is 373 g/mol. The summed E-state index contributed by atoms with van der Waals surface area (Å²) in [5.41, 5.74) is 5.74. The fraction of sp³-hybridized carbons (Fsp3) is 0.316. The van der Waals surface area contributed by atoms with Crippen molar-refractivity contribution >= 4 is 23.4 Å². The van der Waals surface area contributed by atoms with Gasteiger partial charge in [0.05, 0.1) is 10.5 Å². The second kappa shape index (κ2) is 8.33. The molecular weight excluding hydrogens is 350 g/mol. The van der Waals surface area contributed by atoms with Crippen LogP contribution in [0.5, 0.6) is 0 Å². The Balaban J connectivity index is 2.38. The molecule has 0 fully saturated rings. The molecule has 0 aliphatic heterocycles. The first-order chi connectivity index (χ1) is 12.2. The van der Waals surface area contributed by atoms with Gasteiger partial charge in [0.15, 0.2) is 0 Å².